The lowest BCUT2D eigenvalue weighted by atomic mass is 9.74. The molecule has 1 unspecified atom stereocenters. The molecule has 6 heteroatoms. The van der Waals surface area contributed by atoms with Crippen LogP contribution in [0.3, 0.4) is 0 Å². The predicted molar refractivity (Wildman–Crippen MR) is 46.4 cm³/mol. The molecule has 1 saturated carbocycles. The van der Waals surface area contributed by atoms with Gasteiger partial charge in [0.1, 0.15) is 0 Å². The Morgan fingerprint density at radius 2 is 1.71 bits per heavy atom. The number of halogens is 3. The second kappa shape index (κ2) is 3.40. The lowest BCUT2D eigenvalue weighted by molar-refractivity contribution is -0.130. The fourth-order valence-corrected chi connectivity index (χ4v) is 3.02. The maximum absolute atomic E-state index is 13.4. The fraction of sp³-hybridized carbons (Fsp3) is 1.00. The minimum absolute atomic E-state index is 0.0587. The average molecular weight is 230 g/mol. The van der Waals surface area contributed by atoms with Gasteiger partial charge in [0, 0.05) is 11.8 Å². The van der Waals surface area contributed by atoms with Crippen LogP contribution >= 0.6 is 0 Å². The van der Waals surface area contributed by atoms with E-state index in [-0.39, 0.29) is 12.8 Å². The molecule has 0 spiro atoms. The van der Waals surface area contributed by atoms with Gasteiger partial charge in [-0.3, -0.25) is 0 Å². The number of rotatable bonds is 2. The lowest BCUT2D eigenvalue weighted by Crippen LogP contribution is -2.45. The van der Waals surface area contributed by atoms with Gasteiger partial charge in [-0.25, -0.2) is 8.78 Å². The molecule has 84 valence electrons. The van der Waals surface area contributed by atoms with Crippen LogP contribution in [0.5, 0.6) is 0 Å². The molecule has 1 aliphatic rings. The van der Waals surface area contributed by atoms with Gasteiger partial charge in [-0.05, 0) is 12.8 Å². The van der Waals surface area contributed by atoms with Gasteiger partial charge in [0.25, 0.3) is 5.92 Å². The Kier molecular flexibility index (Phi) is 2.87. The Hall–Kier alpha value is -0.260. The van der Waals surface area contributed by atoms with Crippen molar-refractivity contribution < 1.29 is 21.1 Å². The van der Waals surface area contributed by atoms with E-state index in [1.165, 1.54) is 0 Å². The van der Waals surface area contributed by atoms with Crippen LogP contribution in [0.4, 0.5) is 12.7 Å². The van der Waals surface area contributed by atoms with Gasteiger partial charge in [0.15, 0.2) is 0 Å². The van der Waals surface area contributed by atoms with Crippen molar-refractivity contribution >= 4 is 10.2 Å². The Bertz CT molecular complexity index is 313. The Morgan fingerprint density at radius 3 is 2.14 bits per heavy atom. The first-order valence-corrected chi connectivity index (χ1v) is 6.02. The SMILES string of the molecule is CC1(CS(=O)(=O)F)CCCCC1(F)F. The molecule has 1 fully saturated rings. The third-order valence-corrected chi connectivity index (χ3v) is 3.83. The van der Waals surface area contributed by atoms with Gasteiger partial charge in [-0.2, -0.15) is 8.42 Å². The quantitative estimate of drug-likeness (QED) is 0.683. The fourth-order valence-electron chi connectivity index (χ4n) is 1.91. The van der Waals surface area contributed by atoms with Crippen molar-refractivity contribution in [3.05, 3.63) is 0 Å². The van der Waals surface area contributed by atoms with E-state index in [0.29, 0.717) is 12.8 Å². The Balaban J connectivity index is 2.90. The van der Waals surface area contributed by atoms with Crippen LogP contribution < -0.4 is 0 Å². The molecule has 0 amide bonds. The molecule has 0 N–H and O–H groups in total. The molecule has 1 atom stereocenters. The minimum atomic E-state index is -4.83. The summed E-state index contributed by atoms with van der Waals surface area (Å²) in [5.41, 5.74) is -1.74. The first-order valence-electron chi connectivity index (χ1n) is 4.46. The van der Waals surface area contributed by atoms with E-state index in [9.17, 15) is 21.1 Å². The molecular weight excluding hydrogens is 217 g/mol. The summed E-state index contributed by atoms with van der Waals surface area (Å²) in [6, 6.07) is 0. The molecule has 0 aromatic rings. The zero-order valence-electron chi connectivity index (χ0n) is 7.89. The molecule has 0 radical (unpaired) electrons. The monoisotopic (exact) mass is 230 g/mol. The van der Waals surface area contributed by atoms with Gasteiger partial charge in [0.05, 0.1) is 5.75 Å². The third kappa shape index (κ3) is 2.40. The van der Waals surface area contributed by atoms with Crippen molar-refractivity contribution in [2.45, 2.75) is 38.5 Å². The zero-order valence-corrected chi connectivity index (χ0v) is 8.71. The maximum Gasteiger partial charge on any atom is 0.303 e. The zero-order chi connectivity index (χ0) is 11.0. The smallest absolute Gasteiger partial charge is 0.206 e. The van der Waals surface area contributed by atoms with Crippen LogP contribution in [0.15, 0.2) is 0 Å². The second-order valence-electron chi connectivity index (χ2n) is 4.16. The molecule has 0 heterocycles. The molecule has 0 bridgehead atoms. The van der Waals surface area contributed by atoms with Crippen molar-refractivity contribution in [2.24, 2.45) is 5.41 Å². The third-order valence-electron chi connectivity index (χ3n) is 2.84. The van der Waals surface area contributed by atoms with E-state index < -0.39 is 27.3 Å². The highest BCUT2D eigenvalue weighted by atomic mass is 32.3. The molecule has 2 nitrogen and oxygen atoms in total. The van der Waals surface area contributed by atoms with E-state index in [4.69, 9.17) is 0 Å². The van der Waals surface area contributed by atoms with Gasteiger partial charge in [-0.1, -0.05) is 13.3 Å². The number of hydrogen-bond donors (Lipinski definition) is 0. The molecule has 1 rings (SSSR count). The number of alkyl halides is 2. The van der Waals surface area contributed by atoms with E-state index in [1.807, 2.05) is 0 Å². The standard InChI is InChI=1S/C8H13F3O2S/c1-7(6-14(11,12)13)4-2-3-5-8(7,9)10/h2-6H2,1H3. The van der Waals surface area contributed by atoms with Crippen LogP contribution in [0.1, 0.15) is 32.6 Å². The summed E-state index contributed by atoms with van der Waals surface area (Å²) in [5.74, 6) is -4.16. The van der Waals surface area contributed by atoms with E-state index in [1.54, 1.807) is 0 Å². The molecule has 0 aromatic heterocycles. The molecule has 0 aromatic carbocycles. The van der Waals surface area contributed by atoms with Gasteiger partial charge in [0.2, 0.25) is 0 Å². The van der Waals surface area contributed by atoms with Gasteiger partial charge < -0.3 is 0 Å². The van der Waals surface area contributed by atoms with Gasteiger partial charge in [-0.15, -0.1) is 3.89 Å². The van der Waals surface area contributed by atoms with Crippen LogP contribution in [-0.2, 0) is 10.2 Å². The molecular formula is C8H13F3O2S. The van der Waals surface area contributed by atoms with Crippen LogP contribution in [0.25, 0.3) is 0 Å². The molecule has 14 heavy (non-hydrogen) atoms. The molecule has 0 saturated heterocycles. The highest BCUT2D eigenvalue weighted by molar-refractivity contribution is 7.86. The summed E-state index contributed by atoms with van der Waals surface area (Å²) in [5, 5.41) is 0. The Labute approximate surface area is 81.7 Å². The normalized spacial score (nSPS) is 32.9. The first kappa shape index (κ1) is 11.8. The topological polar surface area (TPSA) is 34.1 Å². The first-order chi connectivity index (χ1) is 6.16. The van der Waals surface area contributed by atoms with Crippen molar-refractivity contribution in [1.82, 2.24) is 0 Å². The second-order valence-corrected chi connectivity index (χ2v) is 5.52. The summed E-state index contributed by atoms with van der Waals surface area (Å²) in [7, 11) is -4.83. The maximum atomic E-state index is 13.4. The summed E-state index contributed by atoms with van der Waals surface area (Å²) in [6.07, 6.45) is 0.610. The highest BCUT2D eigenvalue weighted by Gasteiger charge is 2.53. The van der Waals surface area contributed by atoms with E-state index in [0.717, 1.165) is 6.92 Å². The van der Waals surface area contributed by atoms with Crippen molar-refractivity contribution in [2.75, 3.05) is 5.75 Å². The number of hydrogen-bond acceptors (Lipinski definition) is 2. The van der Waals surface area contributed by atoms with Crippen LogP contribution in [-0.4, -0.2) is 20.1 Å². The van der Waals surface area contributed by atoms with Crippen molar-refractivity contribution in [3.63, 3.8) is 0 Å². The molecule has 1 aliphatic carbocycles. The van der Waals surface area contributed by atoms with E-state index in [2.05, 4.69) is 0 Å². The minimum Gasteiger partial charge on any atom is -0.206 e. The summed E-state index contributed by atoms with van der Waals surface area (Å²) >= 11 is 0. The molecule has 0 aliphatic heterocycles. The van der Waals surface area contributed by atoms with E-state index >= 15 is 0 Å². The Morgan fingerprint density at radius 1 is 1.21 bits per heavy atom. The summed E-state index contributed by atoms with van der Waals surface area (Å²) in [6.45, 7) is 1.14. The predicted octanol–water partition coefficient (Wildman–Crippen LogP) is 2.50. The summed E-state index contributed by atoms with van der Waals surface area (Å²) < 4.78 is 59.9. The summed E-state index contributed by atoms with van der Waals surface area (Å²) in [4.78, 5) is 0. The highest BCUT2D eigenvalue weighted by Crippen LogP contribution is 2.48. The van der Waals surface area contributed by atoms with Crippen LogP contribution in [0, 0.1) is 5.41 Å². The van der Waals surface area contributed by atoms with Crippen molar-refractivity contribution in [3.8, 4) is 0 Å². The largest absolute Gasteiger partial charge is 0.303 e. The average Bonchev–Trinajstić information content (AvgIpc) is 1.92. The van der Waals surface area contributed by atoms with Gasteiger partial charge >= 0.3 is 10.2 Å². The van der Waals surface area contributed by atoms with Crippen LogP contribution in [0.2, 0.25) is 0 Å². The lowest BCUT2D eigenvalue weighted by Gasteiger charge is -2.39. The van der Waals surface area contributed by atoms with Crippen molar-refractivity contribution in [1.29, 1.82) is 0 Å².